The monoisotopic (exact) mass is 438 g/mol. The van der Waals surface area contributed by atoms with E-state index in [9.17, 15) is 14.0 Å². The third-order valence-corrected chi connectivity index (χ3v) is 4.85. The molecule has 1 aliphatic heterocycles. The normalized spacial score (nSPS) is 13.9. The van der Waals surface area contributed by atoms with Crippen LogP contribution in [0, 0.1) is 5.82 Å². The highest BCUT2D eigenvalue weighted by atomic mass is 79.9. The highest BCUT2D eigenvalue weighted by Gasteiger charge is 2.28. The Morgan fingerprint density at radius 3 is 2.54 bits per heavy atom. The molecule has 0 saturated carbocycles. The van der Waals surface area contributed by atoms with E-state index in [4.69, 9.17) is 9.47 Å². The minimum absolute atomic E-state index is 0.184. The van der Waals surface area contributed by atoms with E-state index >= 15 is 0 Å². The van der Waals surface area contributed by atoms with Gasteiger partial charge in [0, 0.05) is 10.5 Å². The van der Waals surface area contributed by atoms with Gasteiger partial charge in [-0.2, -0.15) is 0 Å². The number of ketones is 1. The van der Waals surface area contributed by atoms with Gasteiger partial charge in [-0.15, -0.1) is 0 Å². The summed E-state index contributed by atoms with van der Waals surface area (Å²) in [5, 5.41) is 0. The minimum Gasteiger partial charge on any atom is -0.452 e. The van der Waals surface area contributed by atoms with Crippen molar-refractivity contribution in [1.82, 2.24) is 0 Å². The van der Waals surface area contributed by atoms with Crippen LogP contribution >= 0.6 is 15.9 Å². The molecular weight excluding hydrogens is 427 g/mol. The maximum absolute atomic E-state index is 13.0. The maximum Gasteiger partial charge on any atom is 0.343 e. The van der Waals surface area contributed by atoms with Crippen molar-refractivity contribution in [2.24, 2.45) is 0 Å². The Balaban J connectivity index is 1.56. The summed E-state index contributed by atoms with van der Waals surface area (Å²) >= 11 is 3.43. The molecule has 0 unspecified atom stereocenters. The maximum atomic E-state index is 13.0. The largest absolute Gasteiger partial charge is 0.452 e. The highest BCUT2D eigenvalue weighted by Crippen LogP contribution is 2.35. The van der Waals surface area contributed by atoms with Crippen LogP contribution < -0.4 is 9.47 Å². The number of allylic oxidation sites excluding steroid dienone is 1. The number of hydrogen-bond acceptors (Lipinski definition) is 4. The van der Waals surface area contributed by atoms with Crippen molar-refractivity contribution in [3.63, 3.8) is 0 Å². The number of Topliss-reactive ketones (excluding diaryl/α,β-unsaturated/α-hetero) is 1. The first-order valence-electron chi connectivity index (χ1n) is 8.32. The van der Waals surface area contributed by atoms with Gasteiger partial charge in [0.25, 0.3) is 0 Å². The summed E-state index contributed by atoms with van der Waals surface area (Å²) < 4.78 is 24.8. The summed E-state index contributed by atoms with van der Waals surface area (Å²) in [6, 6.07) is 17.0. The molecule has 3 aromatic rings. The van der Waals surface area contributed by atoms with E-state index in [1.807, 2.05) is 24.3 Å². The molecule has 0 fully saturated rings. The molecule has 138 valence electrons. The molecule has 0 amide bonds. The fraction of sp³-hybridized carbons (Fsp3) is 0. The fourth-order valence-corrected chi connectivity index (χ4v) is 3.12. The van der Waals surface area contributed by atoms with Gasteiger partial charge in [0.1, 0.15) is 17.3 Å². The van der Waals surface area contributed by atoms with Crippen LogP contribution in [-0.4, -0.2) is 11.8 Å². The topological polar surface area (TPSA) is 52.6 Å². The molecule has 0 N–H and O–H groups in total. The second-order valence-electron chi connectivity index (χ2n) is 6.02. The number of carbonyl (C=O) groups excluding carboxylic acids is 2. The lowest BCUT2D eigenvalue weighted by Crippen LogP contribution is -2.08. The predicted molar refractivity (Wildman–Crippen MR) is 105 cm³/mol. The van der Waals surface area contributed by atoms with Gasteiger partial charge in [0.05, 0.1) is 11.1 Å². The van der Waals surface area contributed by atoms with E-state index in [2.05, 4.69) is 15.9 Å². The lowest BCUT2D eigenvalue weighted by atomic mass is 10.1. The van der Waals surface area contributed by atoms with Gasteiger partial charge in [-0.1, -0.05) is 34.1 Å². The predicted octanol–water partition coefficient (Wildman–Crippen LogP) is 5.42. The number of benzene rings is 3. The summed E-state index contributed by atoms with van der Waals surface area (Å²) in [5.74, 6) is -0.597. The number of rotatable bonds is 3. The average molecular weight is 439 g/mol. The highest BCUT2D eigenvalue weighted by molar-refractivity contribution is 9.10. The average Bonchev–Trinajstić information content (AvgIpc) is 2.99. The third-order valence-electron chi connectivity index (χ3n) is 4.12. The molecule has 1 aliphatic rings. The Bertz CT molecular complexity index is 1120. The first-order chi connectivity index (χ1) is 13.5. The van der Waals surface area contributed by atoms with Crippen LogP contribution in [0.4, 0.5) is 4.39 Å². The van der Waals surface area contributed by atoms with Gasteiger partial charge in [-0.25, -0.2) is 9.18 Å². The van der Waals surface area contributed by atoms with Crippen molar-refractivity contribution >= 4 is 33.8 Å². The van der Waals surface area contributed by atoms with E-state index in [-0.39, 0.29) is 22.9 Å². The zero-order valence-electron chi connectivity index (χ0n) is 14.3. The summed E-state index contributed by atoms with van der Waals surface area (Å²) in [5.41, 5.74) is 1.41. The number of carbonyl (C=O) groups is 2. The summed E-state index contributed by atoms with van der Waals surface area (Å²) in [6.45, 7) is 0. The van der Waals surface area contributed by atoms with Crippen LogP contribution in [0.3, 0.4) is 0 Å². The Labute approximate surface area is 168 Å². The van der Waals surface area contributed by atoms with Gasteiger partial charge in [0.15, 0.2) is 5.76 Å². The first-order valence-corrected chi connectivity index (χ1v) is 9.11. The van der Waals surface area contributed by atoms with Crippen molar-refractivity contribution in [2.75, 3.05) is 0 Å². The molecule has 0 bridgehead atoms. The van der Waals surface area contributed by atoms with Crippen molar-refractivity contribution in [2.45, 2.75) is 0 Å². The van der Waals surface area contributed by atoms with Crippen molar-refractivity contribution in [1.29, 1.82) is 0 Å². The van der Waals surface area contributed by atoms with Crippen molar-refractivity contribution in [3.8, 4) is 11.5 Å². The number of hydrogen-bond donors (Lipinski definition) is 0. The quantitative estimate of drug-likeness (QED) is 0.311. The van der Waals surface area contributed by atoms with Crippen LogP contribution in [0.1, 0.15) is 26.3 Å². The van der Waals surface area contributed by atoms with E-state index in [1.54, 1.807) is 12.1 Å². The van der Waals surface area contributed by atoms with Gasteiger partial charge < -0.3 is 9.47 Å². The molecule has 0 spiro atoms. The van der Waals surface area contributed by atoms with Crippen LogP contribution in [0.15, 0.2) is 77.0 Å². The number of esters is 1. The Hall–Kier alpha value is -3.25. The van der Waals surface area contributed by atoms with Crippen LogP contribution in [0.2, 0.25) is 0 Å². The van der Waals surface area contributed by atoms with Gasteiger partial charge >= 0.3 is 5.97 Å². The van der Waals surface area contributed by atoms with E-state index < -0.39 is 11.8 Å². The smallest absolute Gasteiger partial charge is 0.343 e. The molecule has 0 atom stereocenters. The standard InChI is InChI=1S/C22H12BrFO4/c23-18-4-2-1-3-14(18)11-20-21(25)17-10-9-16(12-19(17)28-20)27-22(26)13-5-7-15(24)8-6-13/h1-12H. The lowest BCUT2D eigenvalue weighted by Gasteiger charge is -2.05. The zero-order valence-corrected chi connectivity index (χ0v) is 15.9. The van der Waals surface area contributed by atoms with Crippen LogP contribution in [-0.2, 0) is 0 Å². The van der Waals surface area contributed by atoms with Crippen LogP contribution in [0.25, 0.3) is 6.08 Å². The molecule has 4 nitrogen and oxygen atoms in total. The summed E-state index contributed by atoms with van der Waals surface area (Å²) in [7, 11) is 0. The summed E-state index contributed by atoms with van der Waals surface area (Å²) in [6.07, 6.45) is 1.65. The molecule has 1 heterocycles. The molecule has 0 aliphatic carbocycles. The van der Waals surface area contributed by atoms with Crippen molar-refractivity contribution in [3.05, 3.63) is 99.5 Å². The minimum atomic E-state index is -0.631. The molecule has 4 rings (SSSR count). The number of ether oxygens (including phenoxy) is 2. The Kier molecular flexibility index (Phi) is 4.79. The van der Waals surface area contributed by atoms with Gasteiger partial charge in [0.2, 0.25) is 5.78 Å². The Morgan fingerprint density at radius 1 is 1.04 bits per heavy atom. The summed E-state index contributed by atoms with van der Waals surface area (Å²) in [4.78, 5) is 24.7. The van der Waals surface area contributed by atoms with Crippen molar-refractivity contribution < 1.29 is 23.5 Å². The second-order valence-corrected chi connectivity index (χ2v) is 6.87. The van der Waals surface area contributed by atoms with Gasteiger partial charge in [-0.3, -0.25) is 4.79 Å². The SMILES string of the molecule is O=C(Oc1ccc2c(c1)OC(=Cc1ccccc1Br)C2=O)c1ccc(F)cc1. The van der Waals surface area contributed by atoms with E-state index in [1.165, 1.54) is 36.4 Å². The molecule has 6 heteroatoms. The molecule has 3 aromatic carbocycles. The third kappa shape index (κ3) is 3.59. The van der Waals surface area contributed by atoms with Gasteiger partial charge in [-0.05, 0) is 54.1 Å². The number of halogens is 2. The lowest BCUT2D eigenvalue weighted by molar-refractivity contribution is 0.0734. The molecule has 28 heavy (non-hydrogen) atoms. The fourth-order valence-electron chi connectivity index (χ4n) is 2.72. The Morgan fingerprint density at radius 2 is 1.79 bits per heavy atom. The van der Waals surface area contributed by atoms with E-state index in [0.717, 1.165) is 10.0 Å². The number of fused-ring (bicyclic) bond motifs is 1. The molecule has 0 aromatic heterocycles. The molecular formula is C22H12BrFO4. The molecule has 0 saturated heterocycles. The van der Waals surface area contributed by atoms with E-state index in [0.29, 0.717) is 11.3 Å². The zero-order chi connectivity index (χ0) is 19.7. The first kappa shape index (κ1) is 18.1. The van der Waals surface area contributed by atoms with Crippen LogP contribution in [0.5, 0.6) is 11.5 Å². The molecule has 0 radical (unpaired) electrons. The second kappa shape index (κ2) is 7.40.